The van der Waals surface area contributed by atoms with Crippen molar-refractivity contribution in [3.8, 4) is 11.4 Å². The minimum absolute atomic E-state index is 0.189. The summed E-state index contributed by atoms with van der Waals surface area (Å²) in [5.41, 5.74) is 2.00. The van der Waals surface area contributed by atoms with Gasteiger partial charge >= 0.3 is 5.97 Å². The SMILES string of the molecule is CCOC(=O)c1ccn(-c2ccc(NC(=O)COc3cccc(NC(=O)c4ccco4)c3)cc2)n1. The first kappa shape index (κ1) is 23.3. The third-order valence-corrected chi connectivity index (χ3v) is 4.70. The lowest BCUT2D eigenvalue weighted by atomic mass is 10.3. The van der Waals surface area contributed by atoms with Crippen LogP contribution in [0.15, 0.2) is 83.6 Å². The van der Waals surface area contributed by atoms with Crippen molar-refractivity contribution in [3.63, 3.8) is 0 Å². The highest BCUT2D eigenvalue weighted by molar-refractivity contribution is 6.02. The Morgan fingerprint density at radius 2 is 1.80 bits per heavy atom. The zero-order chi connectivity index (χ0) is 24.6. The Morgan fingerprint density at radius 1 is 0.971 bits per heavy atom. The van der Waals surface area contributed by atoms with Crippen LogP contribution < -0.4 is 15.4 Å². The quantitative estimate of drug-likeness (QED) is 0.352. The van der Waals surface area contributed by atoms with E-state index in [1.807, 2.05) is 0 Å². The molecule has 35 heavy (non-hydrogen) atoms. The molecule has 178 valence electrons. The molecule has 2 N–H and O–H groups in total. The summed E-state index contributed by atoms with van der Waals surface area (Å²) in [5, 5.41) is 9.64. The number of hydrogen-bond acceptors (Lipinski definition) is 7. The largest absolute Gasteiger partial charge is 0.484 e. The van der Waals surface area contributed by atoms with E-state index in [0.717, 1.165) is 0 Å². The van der Waals surface area contributed by atoms with Gasteiger partial charge in [-0.05, 0) is 61.5 Å². The molecule has 0 fully saturated rings. The highest BCUT2D eigenvalue weighted by Crippen LogP contribution is 2.19. The van der Waals surface area contributed by atoms with Crippen LogP contribution in [0.2, 0.25) is 0 Å². The van der Waals surface area contributed by atoms with Gasteiger partial charge in [0.1, 0.15) is 5.75 Å². The molecule has 0 saturated carbocycles. The van der Waals surface area contributed by atoms with Gasteiger partial charge in [0.05, 0.1) is 18.6 Å². The zero-order valence-electron chi connectivity index (χ0n) is 18.8. The highest BCUT2D eigenvalue weighted by atomic mass is 16.5. The average Bonchev–Trinajstić information content (AvgIpc) is 3.57. The standard InChI is InChI=1S/C25H22N4O6/c1-2-33-25(32)21-12-13-29(28-21)19-10-8-17(9-11-19)26-23(30)16-35-20-6-3-5-18(15-20)27-24(31)22-7-4-14-34-22/h3-15H,2,16H2,1H3,(H,26,30)(H,27,31). The van der Waals surface area contributed by atoms with Crippen molar-refractivity contribution in [3.05, 3.63) is 90.6 Å². The van der Waals surface area contributed by atoms with Crippen molar-refractivity contribution >= 4 is 29.2 Å². The van der Waals surface area contributed by atoms with Crippen molar-refractivity contribution in [1.29, 1.82) is 0 Å². The van der Waals surface area contributed by atoms with Gasteiger partial charge in [-0.25, -0.2) is 9.48 Å². The van der Waals surface area contributed by atoms with Gasteiger partial charge in [0.25, 0.3) is 11.8 Å². The number of esters is 1. The van der Waals surface area contributed by atoms with Gasteiger partial charge in [-0.3, -0.25) is 9.59 Å². The molecule has 2 aromatic heterocycles. The molecule has 10 heteroatoms. The number of anilines is 2. The van der Waals surface area contributed by atoms with Crippen molar-refractivity contribution in [2.45, 2.75) is 6.92 Å². The maximum atomic E-state index is 12.3. The Balaban J connectivity index is 1.29. The fraction of sp³-hybridized carbons (Fsp3) is 0.120. The highest BCUT2D eigenvalue weighted by Gasteiger charge is 2.12. The molecule has 0 bridgehead atoms. The summed E-state index contributed by atoms with van der Waals surface area (Å²) in [6, 6.07) is 18.4. The lowest BCUT2D eigenvalue weighted by molar-refractivity contribution is -0.118. The topological polar surface area (TPSA) is 125 Å². The molecule has 0 aliphatic carbocycles. The first-order valence-corrected chi connectivity index (χ1v) is 10.7. The Kier molecular flexibility index (Phi) is 7.22. The molecule has 0 atom stereocenters. The average molecular weight is 474 g/mol. The number of carbonyl (C=O) groups is 3. The third-order valence-electron chi connectivity index (χ3n) is 4.70. The van der Waals surface area contributed by atoms with Crippen LogP contribution >= 0.6 is 0 Å². The van der Waals surface area contributed by atoms with Gasteiger partial charge in [0, 0.05) is 23.6 Å². The van der Waals surface area contributed by atoms with Gasteiger partial charge in [-0.1, -0.05) is 6.07 Å². The molecule has 2 heterocycles. The smallest absolute Gasteiger partial charge is 0.358 e. The summed E-state index contributed by atoms with van der Waals surface area (Å²) in [7, 11) is 0. The van der Waals surface area contributed by atoms with Gasteiger partial charge in [-0.15, -0.1) is 0 Å². The first-order chi connectivity index (χ1) is 17.0. The van der Waals surface area contributed by atoms with E-state index in [1.165, 1.54) is 6.26 Å². The molecule has 10 nitrogen and oxygen atoms in total. The van der Waals surface area contributed by atoms with E-state index >= 15 is 0 Å². The number of rotatable bonds is 9. The molecule has 0 aliphatic rings. The van der Waals surface area contributed by atoms with Crippen LogP contribution in [0.1, 0.15) is 28.0 Å². The Hall–Kier alpha value is -4.86. The van der Waals surface area contributed by atoms with E-state index in [-0.39, 0.29) is 36.5 Å². The number of hydrogen-bond donors (Lipinski definition) is 2. The van der Waals surface area contributed by atoms with Crippen LogP contribution in [-0.2, 0) is 9.53 Å². The fourth-order valence-electron chi connectivity index (χ4n) is 3.09. The predicted molar refractivity (Wildman–Crippen MR) is 127 cm³/mol. The number of furan rings is 1. The lowest BCUT2D eigenvalue weighted by Gasteiger charge is -2.10. The second-order valence-corrected chi connectivity index (χ2v) is 7.21. The van der Waals surface area contributed by atoms with Crippen molar-refractivity contribution in [1.82, 2.24) is 9.78 Å². The molecule has 2 amide bonds. The van der Waals surface area contributed by atoms with Crippen LogP contribution in [0.3, 0.4) is 0 Å². The van der Waals surface area contributed by atoms with Crippen molar-refractivity contribution in [2.24, 2.45) is 0 Å². The van der Waals surface area contributed by atoms with E-state index < -0.39 is 5.97 Å². The summed E-state index contributed by atoms with van der Waals surface area (Å²) in [6.45, 7) is 1.78. The molecular weight excluding hydrogens is 452 g/mol. The van der Waals surface area contributed by atoms with E-state index in [4.69, 9.17) is 13.9 Å². The number of aromatic nitrogens is 2. The number of carbonyl (C=O) groups excluding carboxylic acids is 3. The molecular formula is C25H22N4O6. The Bertz CT molecular complexity index is 1310. The number of amides is 2. The summed E-state index contributed by atoms with van der Waals surface area (Å²) in [4.78, 5) is 36.2. The Labute approximate surface area is 200 Å². The van der Waals surface area contributed by atoms with Gasteiger partial charge in [0.2, 0.25) is 0 Å². The van der Waals surface area contributed by atoms with E-state index in [2.05, 4.69) is 15.7 Å². The van der Waals surface area contributed by atoms with Gasteiger partial charge in [-0.2, -0.15) is 5.10 Å². The number of benzene rings is 2. The number of nitrogens with zero attached hydrogens (tertiary/aromatic N) is 2. The minimum Gasteiger partial charge on any atom is -0.484 e. The summed E-state index contributed by atoms with van der Waals surface area (Å²) in [5.74, 6) is -0.620. The molecule has 4 aromatic rings. The van der Waals surface area contributed by atoms with E-state index in [1.54, 1.807) is 84.5 Å². The first-order valence-electron chi connectivity index (χ1n) is 10.7. The number of nitrogens with one attached hydrogen (secondary N) is 2. The zero-order valence-corrected chi connectivity index (χ0v) is 18.8. The van der Waals surface area contributed by atoms with Gasteiger partial charge < -0.3 is 24.5 Å². The van der Waals surface area contributed by atoms with Crippen LogP contribution in [0.4, 0.5) is 11.4 Å². The predicted octanol–water partition coefficient (Wildman–Crippen LogP) is 3.91. The van der Waals surface area contributed by atoms with Crippen LogP contribution in [-0.4, -0.2) is 40.8 Å². The number of ether oxygens (including phenoxy) is 2. The maximum absolute atomic E-state index is 12.3. The monoisotopic (exact) mass is 474 g/mol. The third kappa shape index (κ3) is 6.14. The summed E-state index contributed by atoms with van der Waals surface area (Å²) in [6.07, 6.45) is 3.07. The fourth-order valence-corrected chi connectivity index (χ4v) is 3.09. The Morgan fingerprint density at radius 3 is 2.54 bits per heavy atom. The summed E-state index contributed by atoms with van der Waals surface area (Å²) < 4.78 is 17.1. The second-order valence-electron chi connectivity index (χ2n) is 7.21. The molecule has 0 radical (unpaired) electrons. The van der Waals surface area contributed by atoms with Crippen LogP contribution in [0.5, 0.6) is 5.75 Å². The van der Waals surface area contributed by atoms with Crippen molar-refractivity contribution < 1.29 is 28.3 Å². The second kappa shape index (κ2) is 10.8. The summed E-state index contributed by atoms with van der Waals surface area (Å²) >= 11 is 0. The molecule has 0 aliphatic heterocycles. The molecule has 0 unspecified atom stereocenters. The minimum atomic E-state index is -0.486. The molecule has 4 rings (SSSR count). The maximum Gasteiger partial charge on any atom is 0.358 e. The van der Waals surface area contributed by atoms with E-state index in [9.17, 15) is 14.4 Å². The molecule has 0 saturated heterocycles. The molecule has 0 spiro atoms. The normalized spacial score (nSPS) is 10.4. The van der Waals surface area contributed by atoms with Crippen LogP contribution in [0, 0.1) is 0 Å². The molecule has 2 aromatic carbocycles. The van der Waals surface area contributed by atoms with Gasteiger partial charge in [0.15, 0.2) is 18.1 Å². The van der Waals surface area contributed by atoms with E-state index in [0.29, 0.717) is 22.8 Å². The van der Waals surface area contributed by atoms with Crippen LogP contribution in [0.25, 0.3) is 5.69 Å². The van der Waals surface area contributed by atoms with Crippen molar-refractivity contribution in [2.75, 3.05) is 23.8 Å². The lowest BCUT2D eigenvalue weighted by Crippen LogP contribution is -2.20.